The number of hydrogen-bond acceptors (Lipinski definition) is 5. The van der Waals surface area contributed by atoms with Crippen LogP contribution in [0, 0.1) is 5.41 Å². The molecule has 154 valence electrons. The normalized spacial score (nSPS) is 20.7. The maximum absolute atomic E-state index is 5.88. The largest absolute Gasteiger partial charge is 0.355 e. The van der Waals surface area contributed by atoms with Gasteiger partial charge >= 0.3 is 0 Å². The lowest BCUT2D eigenvalue weighted by Gasteiger charge is -2.41. The predicted molar refractivity (Wildman–Crippen MR) is 109 cm³/mol. The van der Waals surface area contributed by atoms with Crippen molar-refractivity contribution in [1.29, 1.82) is 0 Å². The number of thioether (sulfide) groups is 1. The van der Waals surface area contributed by atoms with Crippen LogP contribution in [0.1, 0.15) is 77.6 Å². The van der Waals surface area contributed by atoms with E-state index in [1.807, 2.05) is 11.8 Å². The second kappa shape index (κ2) is 14.2. The van der Waals surface area contributed by atoms with E-state index in [1.54, 1.807) is 0 Å². The molecule has 2 heterocycles. The van der Waals surface area contributed by atoms with Crippen molar-refractivity contribution in [3.63, 3.8) is 0 Å². The standard InChI is InChI=1S/C21H40O4S/c1-2-3-4-5-6-7-8-9-10-11-13-26-14-12-20-24-17-21(18-25-20)15-22-19-23-16-21/h20H,2-19H2,1H3. The molecule has 1 spiro atoms. The number of rotatable bonds is 14. The molecule has 5 heteroatoms. The maximum Gasteiger partial charge on any atom is 0.158 e. The fourth-order valence-electron chi connectivity index (χ4n) is 3.55. The van der Waals surface area contributed by atoms with E-state index < -0.39 is 0 Å². The highest BCUT2D eigenvalue weighted by molar-refractivity contribution is 7.99. The molecule has 2 saturated heterocycles. The molecule has 0 aliphatic carbocycles. The molecular weight excluding hydrogens is 348 g/mol. The van der Waals surface area contributed by atoms with Crippen molar-refractivity contribution in [2.45, 2.75) is 83.8 Å². The lowest BCUT2D eigenvalue weighted by molar-refractivity contribution is -0.279. The molecular formula is C21H40O4S. The highest BCUT2D eigenvalue weighted by Crippen LogP contribution is 2.29. The van der Waals surface area contributed by atoms with Crippen LogP contribution in [0.25, 0.3) is 0 Å². The van der Waals surface area contributed by atoms with Gasteiger partial charge in [-0.1, -0.05) is 64.7 Å². The Bertz CT molecular complexity index is 324. The minimum absolute atomic E-state index is 0.0391. The summed E-state index contributed by atoms with van der Waals surface area (Å²) in [5.74, 6) is 2.40. The van der Waals surface area contributed by atoms with Crippen molar-refractivity contribution in [1.82, 2.24) is 0 Å². The van der Waals surface area contributed by atoms with E-state index in [9.17, 15) is 0 Å². The molecule has 2 rings (SSSR count). The quantitative estimate of drug-likeness (QED) is 0.373. The molecule has 0 N–H and O–H groups in total. The second-order valence-electron chi connectivity index (χ2n) is 7.95. The van der Waals surface area contributed by atoms with E-state index in [4.69, 9.17) is 18.9 Å². The highest BCUT2D eigenvalue weighted by atomic mass is 32.2. The minimum atomic E-state index is -0.0715. The van der Waals surface area contributed by atoms with Crippen LogP contribution in [0.2, 0.25) is 0 Å². The molecule has 0 atom stereocenters. The molecule has 0 saturated carbocycles. The molecule has 0 bridgehead atoms. The Morgan fingerprint density at radius 1 is 0.731 bits per heavy atom. The van der Waals surface area contributed by atoms with Crippen LogP contribution in [-0.2, 0) is 18.9 Å². The molecule has 0 aromatic heterocycles. The zero-order valence-electron chi connectivity index (χ0n) is 16.8. The first-order valence-corrected chi connectivity index (χ1v) is 12.0. The Kier molecular flexibility index (Phi) is 12.3. The number of hydrogen-bond donors (Lipinski definition) is 0. The van der Waals surface area contributed by atoms with Crippen molar-refractivity contribution in [2.24, 2.45) is 5.41 Å². The summed E-state index contributed by atoms with van der Waals surface area (Å²) < 4.78 is 22.6. The molecule has 0 aromatic carbocycles. The van der Waals surface area contributed by atoms with E-state index in [-0.39, 0.29) is 11.7 Å². The Labute approximate surface area is 165 Å². The van der Waals surface area contributed by atoms with E-state index >= 15 is 0 Å². The molecule has 2 aliphatic rings. The van der Waals surface area contributed by atoms with Crippen LogP contribution in [-0.4, -0.2) is 51.0 Å². The van der Waals surface area contributed by atoms with Gasteiger partial charge in [0.15, 0.2) is 6.29 Å². The van der Waals surface area contributed by atoms with Crippen LogP contribution in [0.3, 0.4) is 0 Å². The van der Waals surface area contributed by atoms with Crippen molar-refractivity contribution in [3.8, 4) is 0 Å². The first-order valence-electron chi connectivity index (χ1n) is 10.8. The second-order valence-corrected chi connectivity index (χ2v) is 9.17. The summed E-state index contributed by atoms with van der Waals surface area (Å²) in [5.41, 5.74) is -0.0715. The van der Waals surface area contributed by atoms with Gasteiger partial charge in [-0.2, -0.15) is 11.8 Å². The average Bonchev–Trinajstić information content (AvgIpc) is 2.68. The molecule has 2 fully saturated rings. The summed E-state index contributed by atoms with van der Waals surface area (Å²) in [6, 6.07) is 0. The van der Waals surface area contributed by atoms with E-state index in [1.165, 1.54) is 70.0 Å². The molecule has 0 unspecified atom stereocenters. The van der Waals surface area contributed by atoms with Crippen LogP contribution in [0.5, 0.6) is 0 Å². The summed E-state index contributed by atoms with van der Waals surface area (Å²) >= 11 is 2.04. The lowest BCUT2D eigenvalue weighted by atomic mass is 9.91. The molecule has 0 amide bonds. The van der Waals surface area contributed by atoms with Gasteiger partial charge in [-0.05, 0) is 17.9 Å². The van der Waals surface area contributed by atoms with Gasteiger partial charge in [-0.15, -0.1) is 0 Å². The summed E-state index contributed by atoms with van der Waals surface area (Å²) in [5, 5.41) is 0. The Morgan fingerprint density at radius 2 is 1.31 bits per heavy atom. The zero-order valence-corrected chi connectivity index (χ0v) is 17.7. The maximum atomic E-state index is 5.88. The fraction of sp³-hybridized carbons (Fsp3) is 1.00. The SMILES string of the molecule is CCCCCCCCCCCCSCCC1OCC2(COCOC2)CO1. The van der Waals surface area contributed by atoms with Gasteiger partial charge in [0.05, 0.1) is 31.8 Å². The highest BCUT2D eigenvalue weighted by Gasteiger charge is 2.39. The van der Waals surface area contributed by atoms with Gasteiger partial charge in [0.25, 0.3) is 0 Å². The minimum Gasteiger partial charge on any atom is -0.355 e. The Hall–Kier alpha value is 0.190. The van der Waals surface area contributed by atoms with Crippen LogP contribution < -0.4 is 0 Å². The summed E-state index contributed by atoms with van der Waals surface area (Å²) in [4.78, 5) is 0. The Morgan fingerprint density at radius 3 is 1.92 bits per heavy atom. The summed E-state index contributed by atoms with van der Waals surface area (Å²) in [6.07, 6.45) is 15.0. The average molecular weight is 389 g/mol. The van der Waals surface area contributed by atoms with Crippen LogP contribution in [0.4, 0.5) is 0 Å². The van der Waals surface area contributed by atoms with Crippen LogP contribution in [0.15, 0.2) is 0 Å². The number of unbranched alkanes of at least 4 members (excludes halogenated alkanes) is 9. The van der Waals surface area contributed by atoms with E-state index in [2.05, 4.69) is 6.92 Å². The molecule has 0 aromatic rings. The zero-order chi connectivity index (χ0) is 18.3. The molecule has 2 aliphatic heterocycles. The lowest BCUT2D eigenvalue weighted by Crippen LogP contribution is -2.50. The number of ether oxygens (including phenoxy) is 4. The third kappa shape index (κ3) is 9.41. The molecule has 26 heavy (non-hydrogen) atoms. The van der Waals surface area contributed by atoms with Gasteiger partial charge in [0.1, 0.15) is 6.79 Å². The topological polar surface area (TPSA) is 36.9 Å². The summed E-state index contributed by atoms with van der Waals surface area (Å²) in [6.45, 7) is 5.45. The third-order valence-electron chi connectivity index (χ3n) is 5.27. The van der Waals surface area contributed by atoms with Crippen molar-refractivity contribution < 1.29 is 18.9 Å². The van der Waals surface area contributed by atoms with Crippen molar-refractivity contribution in [3.05, 3.63) is 0 Å². The van der Waals surface area contributed by atoms with Gasteiger partial charge < -0.3 is 18.9 Å². The smallest absolute Gasteiger partial charge is 0.158 e. The van der Waals surface area contributed by atoms with Gasteiger partial charge in [-0.3, -0.25) is 0 Å². The van der Waals surface area contributed by atoms with Gasteiger partial charge in [0.2, 0.25) is 0 Å². The molecule has 0 radical (unpaired) electrons. The van der Waals surface area contributed by atoms with Crippen LogP contribution >= 0.6 is 11.8 Å². The van der Waals surface area contributed by atoms with Crippen molar-refractivity contribution >= 4 is 11.8 Å². The van der Waals surface area contributed by atoms with E-state index in [0.717, 1.165) is 12.2 Å². The third-order valence-corrected chi connectivity index (χ3v) is 6.38. The Balaban J connectivity index is 1.32. The predicted octanol–water partition coefficient (Wildman–Crippen LogP) is 5.39. The monoisotopic (exact) mass is 388 g/mol. The first-order chi connectivity index (χ1) is 12.8. The van der Waals surface area contributed by atoms with Gasteiger partial charge in [0, 0.05) is 6.42 Å². The first kappa shape index (κ1) is 22.5. The van der Waals surface area contributed by atoms with E-state index in [0.29, 0.717) is 33.2 Å². The molecule has 4 nitrogen and oxygen atoms in total. The summed E-state index contributed by atoms with van der Waals surface area (Å²) in [7, 11) is 0. The van der Waals surface area contributed by atoms with Crippen molar-refractivity contribution in [2.75, 3.05) is 44.7 Å². The van der Waals surface area contributed by atoms with Gasteiger partial charge in [-0.25, -0.2) is 0 Å². The fourth-order valence-corrected chi connectivity index (χ4v) is 4.52.